The third-order valence-electron chi connectivity index (χ3n) is 3.96. The number of nitrogens with zero attached hydrogens (tertiary/aromatic N) is 2. The maximum atomic E-state index is 11.3. The summed E-state index contributed by atoms with van der Waals surface area (Å²) in [7, 11) is 0. The molecule has 0 bridgehead atoms. The van der Waals surface area contributed by atoms with Crippen LogP contribution in [0.25, 0.3) is 33.2 Å². The highest BCUT2D eigenvalue weighted by Crippen LogP contribution is 2.27. The first-order valence-corrected chi connectivity index (χ1v) is 7.38. The molecule has 4 aromatic rings. The van der Waals surface area contributed by atoms with Crippen molar-refractivity contribution in [3.05, 3.63) is 66.7 Å². The van der Waals surface area contributed by atoms with E-state index in [-0.39, 0.29) is 6.54 Å². The zero-order valence-corrected chi connectivity index (χ0v) is 12.3. The van der Waals surface area contributed by atoms with E-state index in [0.717, 1.165) is 27.4 Å². The zero-order chi connectivity index (χ0) is 15.8. The van der Waals surface area contributed by atoms with E-state index in [9.17, 15) is 9.90 Å². The monoisotopic (exact) mass is 302 g/mol. The summed E-state index contributed by atoms with van der Waals surface area (Å²) in [6.07, 6.45) is 0. The van der Waals surface area contributed by atoms with E-state index >= 15 is 0 Å². The molecule has 0 fully saturated rings. The molecule has 0 atom stereocenters. The second kappa shape index (κ2) is 5.25. The molecule has 23 heavy (non-hydrogen) atoms. The smallest absolute Gasteiger partial charge is 0.323 e. The Morgan fingerprint density at radius 3 is 2.52 bits per heavy atom. The Morgan fingerprint density at radius 1 is 0.957 bits per heavy atom. The molecule has 1 aromatic heterocycles. The number of carboxylic acids is 1. The van der Waals surface area contributed by atoms with Crippen LogP contribution in [-0.4, -0.2) is 20.6 Å². The molecule has 0 amide bonds. The van der Waals surface area contributed by atoms with E-state index in [4.69, 9.17) is 0 Å². The molecule has 4 nitrogen and oxygen atoms in total. The number of imidazole rings is 1. The molecule has 112 valence electrons. The van der Waals surface area contributed by atoms with Gasteiger partial charge >= 0.3 is 5.97 Å². The molecule has 3 aromatic carbocycles. The highest BCUT2D eigenvalue weighted by atomic mass is 16.4. The van der Waals surface area contributed by atoms with Crippen molar-refractivity contribution in [3.8, 4) is 11.4 Å². The molecule has 1 heterocycles. The van der Waals surface area contributed by atoms with Gasteiger partial charge in [0.2, 0.25) is 0 Å². The predicted molar refractivity (Wildman–Crippen MR) is 90.3 cm³/mol. The van der Waals surface area contributed by atoms with Crippen molar-refractivity contribution in [1.29, 1.82) is 0 Å². The number of aliphatic carboxylic acids is 1. The van der Waals surface area contributed by atoms with E-state index < -0.39 is 5.97 Å². The van der Waals surface area contributed by atoms with Crippen LogP contribution in [0.4, 0.5) is 0 Å². The van der Waals surface area contributed by atoms with E-state index in [2.05, 4.69) is 17.1 Å². The number of carbonyl (C=O) groups is 1. The van der Waals surface area contributed by atoms with Crippen LogP contribution in [0, 0.1) is 0 Å². The summed E-state index contributed by atoms with van der Waals surface area (Å²) in [6, 6.07) is 21.8. The standard InChI is InChI=1S/C19H14N2O2/c22-18(23)12-21-17-8-4-3-7-16(17)20-19(21)15-10-9-13-5-1-2-6-14(13)11-15/h1-11H,12H2,(H,22,23). The second-order valence-corrected chi connectivity index (χ2v) is 5.47. The van der Waals surface area contributed by atoms with Crippen LogP contribution >= 0.6 is 0 Å². The minimum absolute atomic E-state index is 0.108. The van der Waals surface area contributed by atoms with Gasteiger partial charge < -0.3 is 9.67 Å². The summed E-state index contributed by atoms with van der Waals surface area (Å²) in [5, 5.41) is 11.5. The van der Waals surface area contributed by atoms with Gasteiger partial charge in [-0.05, 0) is 29.0 Å². The molecule has 4 heteroatoms. The normalized spacial score (nSPS) is 11.1. The lowest BCUT2D eigenvalue weighted by Gasteiger charge is -2.07. The fourth-order valence-corrected chi connectivity index (χ4v) is 2.92. The number of benzene rings is 3. The van der Waals surface area contributed by atoms with Crippen LogP contribution in [0.15, 0.2) is 66.7 Å². The fraction of sp³-hybridized carbons (Fsp3) is 0.0526. The molecule has 1 N–H and O–H groups in total. The Balaban J connectivity index is 1.97. The maximum absolute atomic E-state index is 11.3. The summed E-state index contributed by atoms with van der Waals surface area (Å²) in [5.74, 6) is -0.199. The zero-order valence-electron chi connectivity index (χ0n) is 12.3. The van der Waals surface area contributed by atoms with Gasteiger partial charge in [0.25, 0.3) is 0 Å². The number of rotatable bonds is 3. The molecule has 0 saturated carbocycles. The highest BCUT2D eigenvalue weighted by Gasteiger charge is 2.14. The number of hydrogen-bond donors (Lipinski definition) is 1. The lowest BCUT2D eigenvalue weighted by atomic mass is 10.1. The van der Waals surface area contributed by atoms with E-state index in [0.29, 0.717) is 5.82 Å². The first-order chi connectivity index (χ1) is 11.2. The average Bonchev–Trinajstić information content (AvgIpc) is 2.93. The van der Waals surface area contributed by atoms with Crippen molar-refractivity contribution >= 4 is 27.8 Å². The highest BCUT2D eigenvalue weighted by molar-refractivity contribution is 5.89. The Hall–Kier alpha value is -3.14. The van der Waals surface area contributed by atoms with Crippen LogP contribution < -0.4 is 0 Å². The number of fused-ring (bicyclic) bond motifs is 2. The Labute approximate surface area is 132 Å². The molecule has 0 unspecified atom stereocenters. The molecule has 4 rings (SSSR count). The van der Waals surface area contributed by atoms with Gasteiger partial charge in [0, 0.05) is 5.56 Å². The summed E-state index contributed by atoms with van der Waals surface area (Å²) >= 11 is 0. The van der Waals surface area contributed by atoms with Gasteiger partial charge in [-0.2, -0.15) is 0 Å². The van der Waals surface area contributed by atoms with Crippen LogP contribution in [0.2, 0.25) is 0 Å². The Bertz CT molecular complexity index is 1030. The van der Waals surface area contributed by atoms with Crippen molar-refractivity contribution in [2.75, 3.05) is 0 Å². The second-order valence-electron chi connectivity index (χ2n) is 5.47. The maximum Gasteiger partial charge on any atom is 0.323 e. The predicted octanol–water partition coefficient (Wildman–Crippen LogP) is 3.94. The van der Waals surface area contributed by atoms with Gasteiger partial charge in [-0.3, -0.25) is 4.79 Å². The molecular formula is C19H14N2O2. The molecule has 0 spiro atoms. The van der Waals surface area contributed by atoms with Crippen molar-refractivity contribution in [1.82, 2.24) is 9.55 Å². The van der Waals surface area contributed by atoms with Crippen molar-refractivity contribution in [2.24, 2.45) is 0 Å². The lowest BCUT2D eigenvalue weighted by molar-refractivity contribution is -0.137. The molecular weight excluding hydrogens is 288 g/mol. The minimum atomic E-state index is -0.879. The topological polar surface area (TPSA) is 55.1 Å². The third kappa shape index (κ3) is 2.34. The van der Waals surface area contributed by atoms with Gasteiger partial charge in [0.05, 0.1) is 11.0 Å². The molecule has 0 aliphatic heterocycles. The van der Waals surface area contributed by atoms with Crippen LogP contribution in [-0.2, 0) is 11.3 Å². The first kappa shape index (κ1) is 13.5. The van der Waals surface area contributed by atoms with E-state index in [1.165, 1.54) is 0 Å². The summed E-state index contributed by atoms with van der Waals surface area (Å²) in [5.41, 5.74) is 2.55. The first-order valence-electron chi connectivity index (χ1n) is 7.38. The SMILES string of the molecule is O=C(O)Cn1c(-c2ccc3ccccc3c2)nc2ccccc21. The van der Waals surface area contributed by atoms with Gasteiger partial charge in [-0.25, -0.2) is 4.98 Å². The number of aromatic nitrogens is 2. The summed E-state index contributed by atoms with van der Waals surface area (Å²) in [4.78, 5) is 15.9. The number of hydrogen-bond acceptors (Lipinski definition) is 2. The number of carboxylic acid groups (broad SMARTS) is 1. The van der Waals surface area contributed by atoms with E-state index in [1.54, 1.807) is 4.57 Å². The van der Waals surface area contributed by atoms with Crippen LogP contribution in [0.5, 0.6) is 0 Å². The van der Waals surface area contributed by atoms with Crippen molar-refractivity contribution in [3.63, 3.8) is 0 Å². The third-order valence-corrected chi connectivity index (χ3v) is 3.96. The quantitative estimate of drug-likeness (QED) is 0.623. The summed E-state index contributed by atoms with van der Waals surface area (Å²) in [6.45, 7) is -0.108. The molecule has 0 aliphatic rings. The van der Waals surface area contributed by atoms with Crippen LogP contribution in [0.1, 0.15) is 0 Å². The lowest BCUT2D eigenvalue weighted by Crippen LogP contribution is -2.09. The molecule has 0 aliphatic carbocycles. The average molecular weight is 302 g/mol. The Morgan fingerprint density at radius 2 is 1.70 bits per heavy atom. The van der Waals surface area contributed by atoms with Crippen molar-refractivity contribution < 1.29 is 9.90 Å². The number of para-hydroxylation sites is 2. The van der Waals surface area contributed by atoms with Crippen molar-refractivity contribution in [2.45, 2.75) is 6.54 Å². The van der Waals surface area contributed by atoms with Crippen LogP contribution in [0.3, 0.4) is 0 Å². The molecule has 0 radical (unpaired) electrons. The van der Waals surface area contributed by atoms with Gasteiger partial charge in [0.1, 0.15) is 12.4 Å². The van der Waals surface area contributed by atoms with Gasteiger partial charge in [0.15, 0.2) is 0 Å². The minimum Gasteiger partial charge on any atom is -0.480 e. The largest absolute Gasteiger partial charge is 0.480 e. The fourth-order valence-electron chi connectivity index (χ4n) is 2.92. The van der Waals surface area contributed by atoms with Gasteiger partial charge in [-0.1, -0.05) is 48.5 Å². The van der Waals surface area contributed by atoms with Gasteiger partial charge in [-0.15, -0.1) is 0 Å². The molecule has 0 saturated heterocycles. The Kier molecular flexibility index (Phi) is 3.08. The van der Waals surface area contributed by atoms with E-state index in [1.807, 2.05) is 54.6 Å². The summed E-state index contributed by atoms with van der Waals surface area (Å²) < 4.78 is 1.75.